The Hall–Kier alpha value is -1.22. The molecule has 82 valence electrons. The topological polar surface area (TPSA) is 43.4 Å². The predicted molar refractivity (Wildman–Crippen MR) is 57.4 cm³/mol. The summed E-state index contributed by atoms with van der Waals surface area (Å²) in [6.07, 6.45) is 0. The summed E-state index contributed by atoms with van der Waals surface area (Å²) >= 11 is 0. The van der Waals surface area contributed by atoms with Gasteiger partial charge in [0.15, 0.2) is 11.6 Å². The highest BCUT2D eigenvalue weighted by Crippen LogP contribution is 2.26. The van der Waals surface area contributed by atoms with Crippen molar-refractivity contribution in [2.45, 2.75) is 13.8 Å². The van der Waals surface area contributed by atoms with Crippen LogP contribution < -0.4 is 0 Å². The minimum Gasteiger partial charge on any atom is -0.380 e. The molecule has 1 fully saturated rings. The summed E-state index contributed by atoms with van der Waals surface area (Å²) in [4.78, 5) is 23.4. The molecule has 1 saturated heterocycles. The van der Waals surface area contributed by atoms with E-state index in [1.165, 1.54) is 0 Å². The molecule has 0 saturated carbocycles. The summed E-state index contributed by atoms with van der Waals surface area (Å²) in [6.45, 7) is 11.1. The van der Waals surface area contributed by atoms with Crippen LogP contribution in [0.4, 0.5) is 0 Å². The first-order chi connectivity index (χ1) is 6.95. The maximum Gasteiger partial charge on any atom is 0.164 e. The molecule has 0 N–H and O–H groups in total. The van der Waals surface area contributed by atoms with Gasteiger partial charge >= 0.3 is 0 Å². The molecule has 0 aliphatic carbocycles. The molecular formula is C12H16O3. The Morgan fingerprint density at radius 1 is 1.00 bits per heavy atom. The number of carbonyl (C=O) groups is 2. The van der Waals surface area contributed by atoms with E-state index in [0.29, 0.717) is 24.4 Å². The normalized spacial score (nSPS) is 24.9. The Morgan fingerprint density at radius 3 is 1.60 bits per heavy atom. The second-order valence-electron chi connectivity index (χ2n) is 4.04. The third-order valence-electron chi connectivity index (χ3n) is 2.60. The predicted octanol–water partition coefficient (Wildman–Crippen LogP) is 1.54. The van der Waals surface area contributed by atoms with Gasteiger partial charge in [-0.1, -0.05) is 13.2 Å². The van der Waals surface area contributed by atoms with Gasteiger partial charge in [0.25, 0.3) is 0 Å². The second kappa shape index (κ2) is 4.53. The number of ether oxygens (including phenoxy) is 1. The van der Waals surface area contributed by atoms with Gasteiger partial charge in [-0.15, -0.1) is 0 Å². The van der Waals surface area contributed by atoms with Gasteiger partial charge in [-0.3, -0.25) is 9.59 Å². The van der Waals surface area contributed by atoms with E-state index in [4.69, 9.17) is 4.74 Å². The second-order valence-corrected chi connectivity index (χ2v) is 4.04. The highest BCUT2D eigenvalue weighted by atomic mass is 16.5. The molecule has 2 unspecified atom stereocenters. The Morgan fingerprint density at radius 2 is 1.33 bits per heavy atom. The van der Waals surface area contributed by atoms with Crippen molar-refractivity contribution in [1.82, 2.24) is 0 Å². The standard InChI is InChI=1S/C12H16O3/c1-7(2)11(13)9-5-15-6-10(9)12(14)8(3)4/h9-10H,1,3,5-6H2,2,4H3. The van der Waals surface area contributed by atoms with Crippen molar-refractivity contribution in [3.8, 4) is 0 Å². The minimum atomic E-state index is -0.369. The highest BCUT2D eigenvalue weighted by Gasteiger charge is 2.38. The monoisotopic (exact) mass is 208 g/mol. The Labute approximate surface area is 89.8 Å². The largest absolute Gasteiger partial charge is 0.380 e. The van der Waals surface area contributed by atoms with Crippen molar-refractivity contribution >= 4 is 11.6 Å². The summed E-state index contributed by atoms with van der Waals surface area (Å²) in [6, 6.07) is 0. The number of hydrogen-bond acceptors (Lipinski definition) is 3. The van der Waals surface area contributed by atoms with E-state index in [1.54, 1.807) is 13.8 Å². The summed E-state index contributed by atoms with van der Waals surface area (Å²) in [7, 11) is 0. The molecular weight excluding hydrogens is 192 g/mol. The minimum absolute atomic E-state index is 0.0768. The molecule has 1 aliphatic rings. The zero-order valence-electron chi connectivity index (χ0n) is 9.21. The highest BCUT2D eigenvalue weighted by molar-refractivity contribution is 6.03. The quantitative estimate of drug-likeness (QED) is 0.658. The first kappa shape index (κ1) is 11.9. The van der Waals surface area contributed by atoms with Gasteiger partial charge in [0.05, 0.1) is 25.0 Å². The van der Waals surface area contributed by atoms with Gasteiger partial charge in [-0.05, 0) is 25.0 Å². The maximum absolute atomic E-state index is 11.7. The van der Waals surface area contributed by atoms with Gasteiger partial charge < -0.3 is 4.74 Å². The molecule has 0 aromatic rings. The molecule has 0 aromatic carbocycles. The molecule has 3 heteroatoms. The van der Waals surface area contributed by atoms with Crippen LogP contribution in [-0.2, 0) is 14.3 Å². The average molecular weight is 208 g/mol. The van der Waals surface area contributed by atoms with Crippen LogP contribution in [0.15, 0.2) is 24.3 Å². The number of Topliss-reactive ketones (excluding diaryl/α,β-unsaturated/α-hetero) is 2. The van der Waals surface area contributed by atoms with Gasteiger partial charge in [-0.25, -0.2) is 0 Å². The lowest BCUT2D eigenvalue weighted by atomic mass is 9.84. The third-order valence-corrected chi connectivity index (χ3v) is 2.60. The van der Waals surface area contributed by atoms with Gasteiger partial charge in [-0.2, -0.15) is 0 Å². The fourth-order valence-electron chi connectivity index (χ4n) is 1.70. The lowest BCUT2D eigenvalue weighted by Crippen LogP contribution is -2.29. The number of hydrogen-bond donors (Lipinski definition) is 0. The fourth-order valence-corrected chi connectivity index (χ4v) is 1.70. The van der Waals surface area contributed by atoms with E-state index in [-0.39, 0.29) is 23.4 Å². The fraction of sp³-hybridized carbons (Fsp3) is 0.500. The van der Waals surface area contributed by atoms with Crippen LogP contribution in [0.2, 0.25) is 0 Å². The van der Waals surface area contributed by atoms with Crippen molar-refractivity contribution in [2.75, 3.05) is 13.2 Å². The molecule has 3 nitrogen and oxygen atoms in total. The summed E-state index contributed by atoms with van der Waals surface area (Å²) in [5, 5.41) is 0. The van der Waals surface area contributed by atoms with Crippen molar-refractivity contribution < 1.29 is 14.3 Å². The first-order valence-corrected chi connectivity index (χ1v) is 4.92. The van der Waals surface area contributed by atoms with Gasteiger partial charge in [0.1, 0.15) is 0 Å². The van der Waals surface area contributed by atoms with Crippen LogP contribution in [0.3, 0.4) is 0 Å². The Kier molecular flexibility index (Phi) is 3.58. The maximum atomic E-state index is 11.7. The van der Waals surface area contributed by atoms with E-state index >= 15 is 0 Å². The van der Waals surface area contributed by atoms with Crippen molar-refractivity contribution in [3.05, 3.63) is 24.3 Å². The number of carbonyl (C=O) groups excluding carboxylic acids is 2. The summed E-state index contributed by atoms with van der Waals surface area (Å²) < 4.78 is 5.19. The molecule has 0 radical (unpaired) electrons. The number of rotatable bonds is 4. The SMILES string of the molecule is C=C(C)C(=O)C1COCC1C(=O)C(=C)C. The van der Waals surface area contributed by atoms with Crippen LogP contribution in [-0.4, -0.2) is 24.8 Å². The van der Waals surface area contributed by atoms with E-state index in [1.807, 2.05) is 0 Å². The molecule has 0 amide bonds. The van der Waals surface area contributed by atoms with Gasteiger partial charge in [0.2, 0.25) is 0 Å². The smallest absolute Gasteiger partial charge is 0.164 e. The first-order valence-electron chi connectivity index (χ1n) is 4.92. The average Bonchev–Trinajstić information content (AvgIpc) is 2.63. The van der Waals surface area contributed by atoms with Crippen molar-refractivity contribution in [3.63, 3.8) is 0 Å². The van der Waals surface area contributed by atoms with Gasteiger partial charge in [0, 0.05) is 0 Å². The Balaban J connectivity index is 2.82. The van der Waals surface area contributed by atoms with E-state index in [2.05, 4.69) is 13.2 Å². The lowest BCUT2D eigenvalue weighted by Gasteiger charge is -2.15. The third kappa shape index (κ3) is 2.42. The number of ketones is 2. The molecule has 0 spiro atoms. The Bertz CT molecular complexity index is 296. The van der Waals surface area contributed by atoms with Crippen LogP contribution >= 0.6 is 0 Å². The molecule has 1 rings (SSSR count). The molecule has 2 atom stereocenters. The zero-order valence-corrected chi connectivity index (χ0v) is 9.21. The molecule has 0 bridgehead atoms. The van der Waals surface area contributed by atoms with Crippen molar-refractivity contribution in [2.24, 2.45) is 11.8 Å². The summed E-state index contributed by atoms with van der Waals surface area (Å²) in [5.41, 5.74) is 0.954. The number of allylic oxidation sites excluding steroid dienone is 2. The van der Waals surface area contributed by atoms with Crippen molar-refractivity contribution in [1.29, 1.82) is 0 Å². The summed E-state index contributed by atoms with van der Waals surface area (Å²) in [5.74, 6) is -0.891. The molecule has 0 aromatic heterocycles. The van der Waals surface area contributed by atoms with Crippen LogP contribution in [0.1, 0.15) is 13.8 Å². The van der Waals surface area contributed by atoms with Crippen LogP contribution in [0.5, 0.6) is 0 Å². The van der Waals surface area contributed by atoms with Crippen LogP contribution in [0.25, 0.3) is 0 Å². The molecule has 15 heavy (non-hydrogen) atoms. The lowest BCUT2D eigenvalue weighted by molar-refractivity contribution is -0.126. The van der Waals surface area contributed by atoms with Crippen LogP contribution in [0, 0.1) is 11.8 Å². The zero-order chi connectivity index (χ0) is 11.6. The molecule has 1 aliphatic heterocycles. The van der Waals surface area contributed by atoms with E-state index in [9.17, 15) is 9.59 Å². The van der Waals surface area contributed by atoms with E-state index < -0.39 is 0 Å². The molecule has 1 heterocycles. The van der Waals surface area contributed by atoms with E-state index in [0.717, 1.165) is 0 Å².